The first-order valence-electron chi connectivity index (χ1n) is 4.22. The number of aliphatic hydroxyl groups excluding tert-OH is 1. The maximum absolute atomic E-state index is 12.4. The van der Waals surface area contributed by atoms with E-state index in [4.69, 9.17) is 11.5 Å². The number of terminal acetylenes is 1. The van der Waals surface area contributed by atoms with E-state index in [0.717, 1.165) is 19.4 Å². The number of hydrogen-bond donors (Lipinski definition) is 1. The molecule has 1 fully saturated rings. The van der Waals surface area contributed by atoms with Crippen LogP contribution in [0.2, 0.25) is 0 Å². The van der Waals surface area contributed by atoms with E-state index >= 15 is 0 Å². The average molecular weight is 171 g/mol. The lowest BCUT2D eigenvalue weighted by Crippen LogP contribution is -2.41. The Morgan fingerprint density at radius 1 is 1.75 bits per heavy atom. The van der Waals surface area contributed by atoms with Crippen LogP contribution >= 0.6 is 0 Å². The highest BCUT2D eigenvalue weighted by Crippen LogP contribution is 2.19. The standard InChI is InChI=1S/C9H14FNO/c1-2-8(6-10)11-5-3-4-9(11)7-12/h1,8-9,12H,3-7H2. The van der Waals surface area contributed by atoms with Gasteiger partial charge in [0.2, 0.25) is 0 Å². The van der Waals surface area contributed by atoms with Crippen LogP contribution in [0.3, 0.4) is 0 Å². The minimum Gasteiger partial charge on any atom is -0.395 e. The number of likely N-dealkylation sites (tertiary alicyclic amines) is 1. The zero-order valence-corrected chi connectivity index (χ0v) is 7.04. The van der Waals surface area contributed by atoms with Crippen molar-refractivity contribution < 1.29 is 9.50 Å². The van der Waals surface area contributed by atoms with Crippen molar-refractivity contribution in [3.05, 3.63) is 0 Å². The molecular formula is C9H14FNO. The first kappa shape index (κ1) is 9.50. The third kappa shape index (κ3) is 1.77. The molecular weight excluding hydrogens is 157 g/mol. The average Bonchev–Trinajstić information content (AvgIpc) is 2.55. The second kappa shape index (κ2) is 4.44. The van der Waals surface area contributed by atoms with Crippen LogP contribution in [0.1, 0.15) is 12.8 Å². The fourth-order valence-electron chi connectivity index (χ4n) is 1.69. The summed E-state index contributed by atoms with van der Waals surface area (Å²) in [7, 11) is 0. The van der Waals surface area contributed by atoms with Crippen LogP contribution in [-0.4, -0.2) is 41.9 Å². The van der Waals surface area contributed by atoms with Gasteiger partial charge in [-0.3, -0.25) is 4.90 Å². The van der Waals surface area contributed by atoms with Crippen LogP contribution in [0.4, 0.5) is 4.39 Å². The third-order valence-corrected chi connectivity index (χ3v) is 2.37. The van der Waals surface area contributed by atoms with Gasteiger partial charge in [-0.25, -0.2) is 4.39 Å². The van der Waals surface area contributed by atoms with E-state index < -0.39 is 12.7 Å². The van der Waals surface area contributed by atoms with Crippen LogP contribution in [0.5, 0.6) is 0 Å². The number of rotatable bonds is 3. The molecule has 2 unspecified atom stereocenters. The van der Waals surface area contributed by atoms with E-state index in [2.05, 4.69) is 5.92 Å². The van der Waals surface area contributed by atoms with Crippen LogP contribution in [0.15, 0.2) is 0 Å². The molecule has 2 nitrogen and oxygen atoms in total. The SMILES string of the molecule is C#CC(CF)N1CCCC1CO. The Morgan fingerprint density at radius 2 is 2.50 bits per heavy atom. The number of nitrogens with zero attached hydrogens (tertiary/aromatic N) is 1. The molecule has 0 aromatic heterocycles. The van der Waals surface area contributed by atoms with Gasteiger partial charge in [0.25, 0.3) is 0 Å². The Hall–Kier alpha value is -0.590. The topological polar surface area (TPSA) is 23.5 Å². The summed E-state index contributed by atoms with van der Waals surface area (Å²) in [6.45, 7) is 0.370. The van der Waals surface area contributed by atoms with Crippen molar-refractivity contribution in [1.82, 2.24) is 4.90 Å². The molecule has 2 atom stereocenters. The van der Waals surface area contributed by atoms with Crippen molar-refractivity contribution >= 4 is 0 Å². The molecule has 0 radical (unpaired) electrons. The van der Waals surface area contributed by atoms with Gasteiger partial charge in [0.15, 0.2) is 0 Å². The smallest absolute Gasteiger partial charge is 0.116 e. The van der Waals surface area contributed by atoms with E-state index in [1.807, 2.05) is 4.90 Å². The Bertz CT molecular complexity index is 178. The first-order valence-corrected chi connectivity index (χ1v) is 4.22. The normalized spacial score (nSPS) is 26.9. The lowest BCUT2D eigenvalue weighted by atomic mass is 10.2. The Labute approximate surface area is 72.4 Å². The maximum atomic E-state index is 12.4. The van der Waals surface area contributed by atoms with Gasteiger partial charge < -0.3 is 5.11 Å². The molecule has 68 valence electrons. The minimum atomic E-state index is -0.521. The first-order chi connectivity index (χ1) is 5.83. The Kier molecular flexibility index (Phi) is 3.51. The van der Waals surface area contributed by atoms with Crippen molar-refractivity contribution in [1.29, 1.82) is 0 Å². The van der Waals surface area contributed by atoms with Crippen LogP contribution in [-0.2, 0) is 0 Å². The monoisotopic (exact) mass is 171 g/mol. The molecule has 0 spiro atoms. The minimum absolute atomic E-state index is 0.0711. The molecule has 1 N–H and O–H groups in total. The van der Waals surface area contributed by atoms with Gasteiger partial charge >= 0.3 is 0 Å². The van der Waals surface area contributed by atoms with Crippen molar-refractivity contribution in [2.75, 3.05) is 19.8 Å². The van der Waals surface area contributed by atoms with Crippen LogP contribution in [0.25, 0.3) is 0 Å². The molecule has 0 bridgehead atoms. The lowest BCUT2D eigenvalue weighted by molar-refractivity contribution is 0.128. The van der Waals surface area contributed by atoms with Gasteiger partial charge in [0.1, 0.15) is 12.7 Å². The summed E-state index contributed by atoms with van der Waals surface area (Å²) in [4.78, 5) is 1.88. The molecule has 12 heavy (non-hydrogen) atoms. The highest BCUT2D eigenvalue weighted by Gasteiger charge is 2.28. The van der Waals surface area contributed by atoms with Crippen molar-refractivity contribution in [3.8, 4) is 12.3 Å². The van der Waals surface area contributed by atoms with Crippen LogP contribution in [0, 0.1) is 12.3 Å². The fraction of sp³-hybridized carbons (Fsp3) is 0.778. The zero-order chi connectivity index (χ0) is 8.97. The summed E-state index contributed by atoms with van der Waals surface area (Å²) in [6, 6.07) is -0.369. The van der Waals surface area contributed by atoms with Gasteiger partial charge in [-0.1, -0.05) is 5.92 Å². The highest BCUT2D eigenvalue weighted by molar-refractivity contribution is 5.02. The van der Waals surface area contributed by atoms with Gasteiger partial charge in [0, 0.05) is 6.04 Å². The van der Waals surface area contributed by atoms with Gasteiger partial charge in [-0.2, -0.15) is 0 Å². The summed E-state index contributed by atoms with van der Waals surface area (Å²) < 4.78 is 12.4. The van der Waals surface area contributed by atoms with E-state index in [1.165, 1.54) is 0 Å². The molecule has 3 heteroatoms. The largest absolute Gasteiger partial charge is 0.395 e. The molecule has 0 amide bonds. The molecule has 1 aliphatic heterocycles. The van der Waals surface area contributed by atoms with Gasteiger partial charge in [-0.15, -0.1) is 6.42 Å². The Morgan fingerprint density at radius 3 is 3.00 bits per heavy atom. The molecule has 0 aromatic carbocycles. The molecule has 0 aromatic rings. The lowest BCUT2D eigenvalue weighted by Gasteiger charge is -2.26. The molecule has 1 saturated heterocycles. The van der Waals surface area contributed by atoms with Crippen LogP contribution < -0.4 is 0 Å². The van der Waals surface area contributed by atoms with Gasteiger partial charge in [0.05, 0.1) is 6.61 Å². The predicted molar refractivity (Wildman–Crippen MR) is 45.4 cm³/mol. The van der Waals surface area contributed by atoms with E-state index in [1.54, 1.807) is 0 Å². The quantitative estimate of drug-likeness (QED) is 0.622. The number of alkyl halides is 1. The molecule has 1 rings (SSSR count). The van der Waals surface area contributed by atoms with E-state index in [-0.39, 0.29) is 12.6 Å². The second-order valence-corrected chi connectivity index (χ2v) is 3.05. The number of hydrogen-bond acceptors (Lipinski definition) is 2. The summed E-state index contributed by atoms with van der Waals surface area (Å²) in [5, 5.41) is 8.94. The maximum Gasteiger partial charge on any atom is 0.116 e. The van der Waals surface area contributed by atoms with E-state index in [9.17, 15) is 4.39 Å². The van der Waals surface area contributed by atoms with Crippen molar-refractivity contribution in [2.24, 2.45) is 0 Å². The Balaban J connectivity index is 2.54. The second-order valence-electron chi connectivity index (χ2n) is 3.05. The summed E-state index contributed by atoms with van der Waals surface area (Å²) in [6.07, 6.45) is 7.10. The zero-order valence-electron chi connectivity index (χ0n) is 7.04. The van der Waals surface area contributed by atoms with Crippen molar-refractivity contribution in [2.45, 2.75) is 24.9 Å². The van der Waals surface area contributed by atoms with Gasteiger partial charge in [-0.05, 0) is 19.4 Å². The van der Waals surface area contributed by atoms with Crippen molar-refractivity contribution in [3.63, 3.8) is 0 Å². The number of halogens is 1. The molecule has 0 aliphatic carbocycles. The summed E-state index contributed by atoms with van der Waals surface area (Å²) in [5.41, 5.74) is 0. The summed E-state index contributed by atoms with van der Waals surface area (Å²) >= 11 is 0. The summed E-state index contributed by atoms with van der Waals surface area (Å²) in [5.74, 6) is 2.40. The third-order valence-electron chi connectivity index (χ3n) is 2.37. The molecule has 0 saturated carbocycles. The fourth-order valence-corrected chi connectivity index (χ4v) is 1.69. The number of aliphatic hydroxyl groups is 1. The van der Waals surface area contributed by atoms with E-state index in [0.29, 0.717) is 0 Å². The highest BCUT2D eigenvalue weighted by atomic mass is 19.1. The molecule has 1 aliphatic rings. The molecule has 1 heterocycles. The predicted octanol–water partition coefficient (Wildman–Crippen LogP) is 0.414.